The van der Waals surface area contributed by atoms with Gasteiger partial charge in [0.2, 0.25) is 5.91 Å². The number of hydrogen-bond acceptors (Lipinski definition) is 5. The Hall–Kier alpha value is -1.60. The Kier molecular flexibility index (Phi) is 3.44. The van der Waals surface area contributed by atoms with Gasteiger partial charge in [0, 0.05) is 18.0 Å². The summed E-state index contributed by atoms with van der Waals surface area (Å²) in [4.78, 5) is 14.8. The lowest BCUT2D eigenvalue weighted by Crippen LogP contribution is -2.58. The van der Waals surface area contributed by atoms with Crippen LogP contribution in [0.25, 0.3) is 0 Å². The Morgan fingerprint density at radius 1 is 1.33 bits per heavy atom. The van der Waals surface area contributed by atoms with E-state index in [0.29, 0.717) is 6.54 Å². The quantitative estimate of drug-likeness (QED) is 0.857. The molecular formula is C17H22N2O4S. The zero-order valence-corrected chi connectivity index (χ0v) is 14.5. The predicted octanol–water partition coefficient (Wildman–Crippen LogP) is 0.484. The van der Waals surface area contributed by atoms with E-state index in [9.17, 15) is 13.2 Å². The third kappa shape index (κ3) is 2.50. The molecule has 1 aliphatic carbocycles. The Balaban J connectivity index is 1.56. The number of benzene rings is 1. The number of rotatable bonds is 3. The van der Waals surface area contributed by atoms with Crippen LogP contribution in [0.4, 0.5) is 0 Å². The highest BCUT2D eigenvalue weighted by molar-refractivity contribution is 7.92. The summed E-state index contributed by atoms with van der Waals surface area (Å²) >= 11 is 0. The topological polar surface area (TPSA) is 89.7 Å². The molecule has 2 N–H and O–H groups in total. The van der Waals surface area contributed by atoms with Crippen LogP contribution in [0.15, 0.2) is 18.2 Å². The predicted molar refractivity (Wildman–Crippen MR) is 89.3 cm³/mol. The van der Waals surface area contributed by atoms with Crippen molar-refractivity contribution >= 4 is 15.7 Å². The monoisotopic (exact) mass is 350 g/mol. The van der Waals surface area contributed by atoms with Crippen molar-refractivity contribution in [3.63, 3.8) is 0 Å². The molecule has 1 saturated carbocycles. The third-order valence-corrected chi connectivity index (χ3v) is 7.53. The maximum atomic E-state index is 12.9. The molecule has 1 saturated heterocycles. The van der Waals surface area contributed by atoms with E-state index in [-0.39, 0.29) is 28.9 Å². The number of carbonyl (C=O) groups is 1. The van der Waals surface area contributed by atoms with E-state index >= 15 is 0 Å². The van der Waals surface area contributed by atoms with E-state index in [2.05, 4.69) is 6.07 Å². The van der Waals surface area contributed by atoms with Gasteiger partial charge in [-0.25, -0.2) is 8.42 Å². The average molecular weight is 350 g/mol. The number of nitrogens with two attached hydrogens (primary N) is 1. The first-order chi connectivity index (χ1) is 11.3. The molecule has 1 atom stereocenters. The van der Waals surface area contributed by atoms with Gasteiger partial charge in [-0.05, 0) is 42.5 Å². The molecule has 130 valence electrons. The first kappa shape index (κ1) is 15.9. The molecule has 1 spiro atoms. The van der Waals surface area contributed by atoms with Gasteiger partial charge in [0.15, 0.2) is 9.84 Å². The third-order valence-electron chi connectivity index (χ3n) is 5.66. The second-order valence-corrected chi connectivity index (χ2v) is 9.48. The zero-order chi connectivity index (χ0) is 17.1. The fourth-order valence-electron chi connectivity index (χ4n) is 3.93. The highest BCUT2D eigenvalue weighted by atomic mass is 32.2. The number of sulfone groups is 1. The summed E-state index contributed by atoms with van der Waals surface area (Å²) in [6.45, 7) is 0.547. The van der Waals surface area contributed by atoms with E-state index in [4.69, 9.17) is 10.5 Å². The smallest absolute Gasteiger partial charge is 0.240 e. The molecule has 2 aliphatic heterocycles. The second kappa shape index (κ2) is 5.20. The van der Waals surface area contributed by atoms with Crippen LogP contribution >= 0.6 is 0 Å². The highest BCUT2D eigenvalue weighted by Gasteiger charge is 2.54. The maximum absolute atomic E-state index is 12.9. The standard InChI is InChI=1S/C17H22N2O4S/c1-23-14-3-2-11-8-19(17(4-5-17)7-12(11)6-14)16(20)15(18)13-9-24(21,22)10-13/h2-3,6,13,15H,4-5,7-10,18H2,1H3. The molecule has 1 aromatic rings. The van der Waals surface area contributed by atoms with Crippen molar-refractivity contribution in [2.75, 3.05) is 18.6 Å². The lowest BCUT2D eigenvalue weighted by molar-refractivity contribution is -0.138. The number of nitrogens with zero attached hydrogens (tertiary/aromatic N) is 1. The van der Waals surface area contributed by atoms with E-state index in [1.54, 1.807) is 7.11 Å². The molecule has 3 aliphatic rings. The van der Waals surface area contributed by atoms with Crippen molar-refractivity contribution in [2.45, 2.75) is 37.4 Å². The number of amides is 1. The zero-order valence-electron chi connectivity index (χ0n) is 13.7. The lowest BCUT2D eigenvalue weighted by atomic mass is 9.90. The number of methoxy groups -OCH3 is 1. The average Bonchev–Trinajstić information content (AvgIpc) is 3.29. The first-order valence-corrected chi connectivity index (χ1v) is 10.1. The van der Waals surface area contributed by atoms with Crippen LogP contribution in [-0.4, -0.2) is 49.4 Å². The van der Waals surface area contributed by atoms with Gasteiger partial charge in [0.25, 0.3) is 0 Å². The fourth-order valence-corrected chi connectivity index (χ4v) is 5.55. The minimum absolute atomic E-state index is 0.0362. The van der Waals surface area contributed by atoms with Crippen LogP contribution in [0, 0.1) is 5.92 Å². The molecule has 1 amide bonds. The van der Waals surface area contributed by atoms with Crippen LogP contribution < -0.4 is 10.5 Å². The van der Waals surface area contributed by atoms with E-state index in [1.807, 2.05) is 17.0 Å². The molecular weight excluding hydrogens is 328 g/mol. The van der Waals surface area contributed by atoms with Crippen LogP contribution in [0.5, 0.6) is 5.75 Å². The second-order valence-electron chi connectivity index (χ2n) is 7.32. The summed E-state index contributed by atoms with van der Waals surface area (Å²) in [5.74, 6) is 0.563. The largest absolute Gasteiger partial charge is 0.497 e. The fraction of sp³-hybridized carbons (Fsp3) is 0.588. The van der Waals surface area contributed by atoms with Crippen molar-refractivity contribution in [1.82, 2.24) is 4.90 Å². The summed E-state index contributed by atoms with van der Waals surface area (Å²) in [6, 6.07) is 5.24. The summed E-state index contributed by atoms with van der Waals surface area (Å²) in [5, 5.41) is 0. The lowest BCUT2D eigenvalue weighted by Gasteiger charge is -2.41. The van der Waals surface area contributed by atoms with Gasteiger partial charge in [-0.3, -0.25) is 4.79 Å². The highest BCUT2D eigenvalue weighted by Crippen LogP contribution is 2.49. The van der Waals surface area contributed by atoms with Crippen molar-refractivity contribution in [3.05, 3.63) is 29.3 Å². The van der Waals surface area contributed by atoms with Crippen LogP contribution in [0.3, 0.4) is 0 Å². The van der Waals surface area contributed by atoms with Gasteiger partial charge in [-0.2, -0.15) is 0 Å². The molecule has 2 fully saturated rings. The van der Waals surface area contributed by atoms with Crippen molar-refractivity contribution in [1.29, 1.82) is 0 Å². The van der Waals surface area contributed by atoms with E-state index in [1.165, 1.54) is 5.56 Å². The Morgan fingerprint density at radius 2 is 2.04 bits per heavy atom. The molecule has 7 heteroatoms. The number of carbonyl (C=O) groups excluding carboxylic acids is 1. The summed E-state index contributed by atoms with van der Waals surface area (Å²) < 4.78 is 28.0. The normalized spacial score (nSPS) is 24.8. The molecule has 24 heavy (non-hydrogen) atoms. The summed E-state index contributed by atoms with van der Waals surface area (Å²) in [5.41, 5.74) is 8.34. The van der Waals surface area contributed by atoms with E-state index < -0.39 is 15.9 Å². The van der Waals surface area contributed by atoms with Crippen molar-refractivity contribution in [2.24, 2.45) is 11.7 Å². The van der Waals surface area contributed by atoms with Crippen LogP contribution in [0.2, 0.25) is 0 Å². The molecule has 1 aromatic carbocycles. The molecule has 0 aromatic heterocycles. The number of hydrogen-bond donors (Lipinski definition) is 1. The molecule has 4 rings (SSSR count). The van der Waals surface area contributed by atoms with Gasteiger partial charge in [0.1, 0.15) is 5.75 Å². The number of ether oxygens (including phenoxy) is 1. The minimum Gasteiger partial charge on any atom is -0.497 e. The SMILES string of the molecule is COc1ccc2c(c1)CC1(CC1)N(C(=O)C(N)C1CS(=O)(=O)C1)C2. The van der Waals surface area contributed by atoms with Crippen molar-refractivity contribution < 1.29 is 17.9 Å². The van der Waals surface area contributed by atoms with Gasteiger partial charge >= 0.3 is 0 Å². The summed E-state index contributed by atoms with van der Waals surface area (Å²) in [7, 11) is -1.32. The van der Waals surface area contributed by atoms with Crippen LogP contribution in [0.1, 0.15) is 24.0 Å². The number of fused-ring (bicyclic) bond motifs is 1. The summed E-state index contributed by atoms with van der Waals surface area (Å²) in [6.07, 6.45) is 2.77. The molecule has 6 nitrogen and oxygen atoms in total. The first-order valence-electron chi connectivity index (χ1n) is 8.27. The van der Waals surface area contributed by atoms with Gasteiger partial charge < -0.3 is 15.4 Å². The van der Waals surface area contributed by atoms with Crippen LogP contribution in [-0.2, 0) is 27.6 Å². The Morgan fingerprint density at radius 3 is 2.62 bits per heavy atom. The van der Waals surface area contributed by atoms with Gasteiger partial charge in [0.05, 0.1) is 24.7 Å². The molecule has 0 bridgehead atoms. The maximum Gasteiger partial charge on any atom is 0.240 e. The van der Waals surface area contributed by atoms with Gasteiger partial charge in [-0.1, -0.05) is 6.07 Å². The molecule has 0 radical (unpaired) electrons. The van der Waals surface area contributed by atoms with Crippen molar-refractivity contribution in [3.8, 4) is 5.75 Å². The Bertz CT molecular complexity index is 789. The Labute approximate surface area is 141 Å². The molecule has 2 heterocycles. The minimum atomic E-state index is -2.97. The van der Waals surface area contributed by atoms with E-state index in [0.717, 1.165) is 30.6 Å². The molecule has 1 unspecified atom stereocenters. The van der Waals surface area contributed by atoms with Gasteiger partial charge in [-0.15, -0.1) is 0 Å².